The number of hydrogen-bond acceptors (Lipinski definition) is 4. The third-order valence-electron chi connectivity index (χ3n) is 2.78. The van der Waals surface area contributed by atoms with Crippen molar-refractivity contribution in [2.75, 3.05) is 5.73 Å². The molecule has 0 aliphatic rings. The van der Waals surface area contributed by atoms with Crippen LogP contribution in [0.25, 0.3) is 0 Å². The van der Waals surface area contributed by atoms with Crippen LogP contribution in [0.2, 0.25) is 5.02 Å². The Balaban J connectivity index is 2.20. The van der Waals surface area contributed by atoms with Crippen LogP contribution in [-0.2, 0) is 22.0 Å². The van der Waals surface area contributed by atoms with Gasteiger partial charge in [0, 0.05) is 16.5 Å². The summed E-state index contributed by atoms with van der Waals surface area (Å²) in [6, 6.07) is 5.04. The number of thiazole rings is 1. The van der Waals surface area contributed by atoms with Gasteiger partial charge in [0.25, 0.3) is 0 Å². The van der Waals surface area contributed by atoms with Crippen molar-refractivity contribution in [1.29, 1.82) is 0 Å². The van der Waals surface area contributed by atoms with Gasteiger partial charge < -0.3 is 5.73 Å². The topological polar surface area (TPSA) is 56.0 Å². The van der Waals surface area contributed by atoms with Gasteiger partial charge in [0.05, 0.1) is 32.2 Å². The molecule has 0 aliphatic carbocycles. The molecule has 2 N–H and O–H groups in total. The molecule has 1 unspecified atom stereocenters. The van der Waals surface area contributed by atoms with Gasteiger partial charge in [-0.1, -0.05) is 32.4 Å². The smallest absolute Gasteiger partial charge is 0.106 e. The van der Waals surface area contributed by atoms with Crippen LogP contribution >= 0.6 is 22.9 Å². The molecule has 0 spiro atoms. The summed E-state index contributed by atoms with van der Waals surface area (Å²) in [5.74, 6) is 0.365. The van der Waals surface area contributed by atoms with E-state index in [0.717, 1.165) is 10.7 Å². The van der Waals surface area contributed by atoms with Crippen molar-refractivity contribution in [3.05, 3.63) is 39.3 Å². The Labute approximate surface area is 130 Å². The van der Waals surface area contributed by atoms with Crippen molar-refractivity contribution < 1.29 is 4.21 Å². The SMILES string of the molecule is CC(C)(C)c1csc(CS(=O)c2cc(N)ccc2Cl)n1. The van der Waals surface area contributed by atoms with E-state index in [4.69, 9.17) is 17.3 Å². The summed E-state index contributed by atoms with van der Waals surface area (Å²) in [6.07, 6.45) is 0. The summed E-state index contributed by atoms with van der Waals surface area (Å²) < 4.78 is 12.4. The number of rotatable bonds is 3. The van der Waals surface area contributed by atoms with E-state index in [1.54, 1.807) is 18.2 Å². The maximum Gasteiger partial charge on any atom is 0.106 e. The summed E-state index contributed by atoms with van der Waals surface area (Å²) in [4.78, 5) is 5.12. The molecule has 1 heterocycles. The fourth-order valence-corrected chi connectivity index (χ4v) is 4.38. The molecule has 20 heavy (non-hydrogen) atoms. The Morgan fingerprint density at radius 1 is 1.40 bits per heavy atom. The van der Waals surface area contributed by atoms with Gasteiger partial charge in [-0.25, -0.2) is 4.98 Å². The number of nitrogen functional groups attached to an aromatic ring is 1. The van der Waals surface area contributed by atoms with Crippen molar-refractivity contribution >= 4 is 39.4 Å². The Kier molecular flexibility index (Phi) is 4.52. The first-order valence-corrected chi connectivity index (χ1v) is 8.73. The van der Waals surface area contributed by atoms with Gasteiger partial charge >= 0.3 is 0 Å². The Morgan fingerprint density at radius 2 is 2.10 bits per heavy atom. The first-order chi connectivity index (χ1) is 9.27. The molecule has 6 heteroatoms. The highest BCUT2D eigenvalue weighted by molar-refractivity contribution is 7.84. The molecular formula is C14H17ClN2OS2. The minimum Gasteiger partial charge on any atom is -0.399 e. The van der Waals surface area contributed by atoms with Crippen LogP contribution in [0.3, 0.4) is 0 Å². The van der Waals surface area contributed by atoms with Crippen molar-refractivity contribution in [3.8, 4) is 0 Å². The maximum atomic E-state index is 12.4. The first kappa shape index (κ1) is 15.5. The average Bonchev–Trinajstić information content (AvgIpc) is 2.80. The molecule has 0 fully saturated rings. The predicted molar refractivity (Wildman–Crippen MR) is 86.8 cm³/mol. The molecule has 3 nitrogen and oxygen atoms in total. The highest BCUT2D eigenvalue weighted by Gasteiger charge is 2.19. The molecule has 1 aromatic heterocycles. The molecule has 0 amide bonds. The summed E-state index contributed by atoms with van der Waals surface area (Å²) in [5, 5.41) is 3.35. The average molecular weight is 329 g/mol. The zero-order valence-electron chi connectivity index (χ0n) is 11.6. The molecule has 0 aliphatic heterocycles. The van der Waals surface area contributed by atoms with Crippen molar-refractivity contribution in [2.24, 2.45) is 0 Å². The second-order valence-corrected chi connectivity index (χ2v) is 8.33. The van der Waals surface area contributed by atoms with E-state index >= 15 is 0 Å². The van der Waals surface area contributed by atoms with Crippen LogP contribution in [0.1, 0.15) is 31.5 Å². The van der Waals surface area contributed by atoms with Crippen LogP contribution < -0.4 is 5.73 Å². The van der Waals surface area contributed by atoms with Crippen LogP contribution in [0.5, 0.6) is 0 Å². The van der Waals surface area contributed by atoms with Crippen molar-refractivity contribution in [1.82, 2.24) is 4.98 Å². The summed E-state index contributed by atoms with van der Waals surface area (Å²) in [6.45, 7) is 6.33. The number of benzene rings is 1. The van der Waals surface area contributed by atoms with E-state index in [2.05, 4.69) is 25.8 Å². The van der Waals surface area contributed by atoms with Gasteiger partial charge in [-0.15, -0.1) is 11.3 Å². The second-order valence-electron chi connectivity index (χ2n) is 5.56. The van der Waals surface area contributed by atoms with Gasteiger partial charge in [-0.2, -0.15) is 0 Å². The van der Waals surface area contributed by atoms with Crippen LogP contribution in [0.15, 0.2) is 28.5 Å². The quantitative estimate of drug-likeness (QED) is 0.867. The predicted octanol–water partition coefficient (Wildman–Crippen LogP) is 3.98. The molecule has 0 saturated heterocycles. The van der Waals surface area contributed by atoms with Gasteiger partial charge in [-0.3, -0.25) is 4.21 Å². The van der Waals surface area contributed by atoms with Gasteiger partial charge in [0.1, 0.15) is 5.01 Å². The molecular weight excluding hydrogens is 312 g/mol. The molecule has 0 radical (unpaired) electrons. The zero-order valence-corrected chi connectivity index (χ0v) is 14.0. The minimum atomic E-state index is -1.23. The number of aromatic nitrogens is 1. The lowest BCUT2D eigenvalue weighted by molar-refractivity contribution is 0.571. The largest absolute Gasteiger partial charge is 0.399 e. The number of anilines is 1. The van der Waals surface area contributed by atoms with Crippen LogP contribution in [0.4, 0.5) is 5.69 Å². The van der Waals surface area contributed by atoms with Gasteiger partial charge in [-0.05, 0) is 18.2 Å². The van der Waals surface area contributed by atoms with E-state index in [1.807, 2.05) is 5.38 Å². The molecule has 0 saturated carbocycles. The summed E-state index contributed by atoms with van der Waals surface area (Å²) in [5.41, 5.74) is 7.30. The Hall–Kier alpha value is -0.910. The van der Waals surface area contributed by atoms with E-state index in [-0.39, 0.29) is 5.41 Å². The third-order valence-corrected chi connectivity index (χ3v) is 5.61. The fourth-order valence-electron chi connectivity index (χ4n) is 1.61. The summed E-state index contributed by atoms with van der Waals surface area (Å²) in [7, 11) is -1.23. The lowest BCUT2D eigenvalue weighted by Crippen LogP contribution is -2.11. The molecule has 2 rings (SSSR count). The lowest BCUT2D eigenvalue weighted by atomic mass is 9.93. The molecule has 1 atom stereocenters. The van der Waals surface area contributed by atoms with Gasteiger partial charge in [0.2, 0.25) is 0 Å². The lowest BCUT2D eigenvalue weighted by Gasteiger charge is -2.14. The van der Waals surface area contributed by atoms with Gasteiger partial charge in [0.15, 0.2) is 0 Å². The number of halogens is 1. The minimum absolute atomic E-state index is 0.00502. The maximum absolute atomic E-state index is 12.4. The Morgan fingerprint density at radius 3 is 2.70 bits per heavy atom. The fraction of sp³-hybridized carbons (Fsp3) is 0.357. The zero-order chi connectivity index (χ0) is 14.9. The second kappa shape index (κ2) is 5.84. The van der Waals surface area contributed by atoms with Crippen molar-refractivity contribution in [2.45, 2.75) is 36.8 Å². The monoisotopic (exact) mass is 328 g/mol. The highest BCUT2D eigenvalue weighted by atomic mass is 35.5. The number of nitrogens with two attached hydrogens (primary N) is 1. The number of nitrogens with zero attached hydrogens (tertiary/aromatic N) is 1. The molecule has 0 bridgehead atoms. The summed E-state index contributed by atoms with van der Waals surface area (Å²) >= 11 is 7.60. The highest BCUT2D eigenvalue weighted by Crippen LogP contribution is 2.27. The third kappa shape index (κ3) is 3.59. The normalized spacial score (nSPS) is 13.4. The standard InChI is InChI=1S/C14H17ClN2OS2/c1-14(2,3)12-7-19-13(17-12)8-20(18)11-6-9(16)4-5-10(11)15/h4-7H,8,16H2,1-3H3. The van der Waals surface area contributed by atoms with Crippen LogP contribution in [0, 0.1) is 0 Å². The molecule has 1 aromatic carbocycles. The Bertz CT molecular complexity index is 647. The van der Waals surface area contributed by atoms with E-state index < -0.39 is 10.8 Å². The van der Waals surface area contributed by atoms with E-state index in [1.165, 1.54) is 11.3 Å². The van der Waals surface area contributed by atoms with Crippen molar-refractivity contribution in [3.63, 3.8) is 0 Å². The number of hydrogen-bond donors (Lipinski definition) is 1. The van der Waals surface area contributed by atoms with E-state index in [0.29, 0.717) is 21.4 Å². The molecule has 108 valence electrons. The van der Waals surface area contributed by atoms with Crippen LogP contribution in [-0.4, -0.2) is 9.19 Å². The first-order valence-electron chi connectivity index (χ1n) is 6.15. The molecule has 2 aromatic rings. The van der Waals surface area contributed by atoms with E-state index in [9.17, 15) is 4.21 Å².